The number of likely N-dealkylation sites (tertiary alicyclic amines) is 1. The van der Waals surface area contributed by atoms with Crippen LogP contribution in [0.5, 0.6) is 0 Å². The van der Waals surface area contributed by atoms with Crippen molar-refractivity contribution in [3.8, 4) is 0 Å². The van der Waals surface area contributed by atoms with Crippen molar-refractivity contribution in [1.82, 2.24) is 33.9 Å². The zero-order valence-corrected chi connectivity index (χ0v) is 37.7. The second-order valence-corrected chi connectivity index (χ2v) is 21.6. The highest BCUT2D eigenvalue weighted by Gasteiger charge is 2.51. The Balaban J connectivity index is 0.737. The van der Waals surface area contributed by atoms with Crippen molar-refractivity contribution in [2.75, 3.05) is 42.9 Å². The Morgan fingerprint density at radius 1 is 0.938 bits per heavy atom. The third-order valence-corrected chi connectivity index (χ3v) is 17.4. The van der Waals surface area contributed by atoms with Crippen LogP contribution < -0.4 is 26.8 Å². The van der Waals surface area contributed by atoms with Gasteiger partial charge in [-0.3, -0.25) is 33.4 Å². The van der Waals surface area contributed by atoms with E-state index in [4.69, 9.17) is 16.6 Å². The second-order valence-electron chi connectivity index (χ2n) is 18.9. The summed E-state index contributed by atoms with van der Waals surface area (Å²) in [5.74, 6) is -0.567. The van der Waals surface area contributed by atoms with Crippen LogP contribution >= 0.6 is 11.6 Å². The first-order valence-electron chi connectivity index (χ1n) is 22.6. The van der Waals surface area contributed by atoms with E-state index >= 15 is 4.39 Å². The highest BCUT2D eigenvalue weighted by atomic mass is 35.5. The Morgan fingerprint density at radius 3 is 2.38 bits per heavy atom. The van der Waals surface area contributed by atoms with Crippen molar-refractivity contribution >= 4 is 72.6 Å². The Kier molecular flexibility index (Phi) is 11.0. The summed E-state index contributed by atoms with van der Waals surface area (Å²) in [6, 6.07) is 8.85. The largest absolute Gasteiger partial charge is 0.367 e. The number of aryl methyl sites for hydroxylation is 2. The number of imidazole rings is 1. The molecule has 338 valence electrons. The lowest BCUT2D eigenvalue weighted by Gasteiger charge is -2.52. The number of halogens is 2. The summed E-state index contributed by atoms with van der Waals surface area (Å²) in [6.45, 7) is 5.88. The van der Waals surface area contributed by atoms with Gasteiger partial charge in [0.2, 0.25) is 17.8 Å². The van der Waals surface area contributed by atoms with E-state index < -0.39 is 38.5 Å². The molecule has 2 N–H and O–H groups in total. The van der Waals surface area contributed by atoms with Gasteiger partial charge in [-0.1, -0.05) is 24.4 Å². The van der Waals surface area contributed by atoms with Crippen molar-refractivity contribution in [3.05, 3.63) is 79.8 Å². The zero-order valence-electron chi connectivity index (χ0n) is 36.1. The van der Waals surface area contributed by atoms with Gasteiger partial charge in [-0.25, -0.2) is 22.6 Å². The summed E-state index contributed by atoms with van der Waals surface area (Å²) in [5, 5.41) is 5.99. The molecule has 15 nitrogen and oxygen atoms in total. The van der Waals surface area contributed by atoms with Crippen molar-refractivity contribution in [1.29, 1.82) is 0 Å². The fourth-order valence-corrected chi connectivity index (χ4v) is 13.7. The molecule has 5 aliphatic rings. The molecule has 0 bridgehead atoms. The van der Waals surface area contributed by atoms with E-state index in [1.807, 2.05) is 11.8 Å². The number of benzene rings is 2. The third-order valence-electron chi connectivity index (χ3n) is 15.0. The number of sulfone groups is 1. The van der Waals surface area contributed by atoms with Gasteiger partial charge in [0.1, 0.15) is 22.5 Å². The molecule has 18 heteroatoms. The molecule has 1 spiro atoms. The smallest absolute Gasteiger partial charge is 0.329 e. The first-order valence-corrected chi connectivity index (χ1v) is 24.5. The van der Waals surface area contributed by atoms with Crippen molar-refractivity contribution in [3.63, 3.8) is 0 Å². The van der Waals surface area contributed by atoms with E-state index in [2.05, 4.69) is 20.5 Å². The van der Waals surface area contributed by atoms with Gasteiger partial charge in [0.25, 0.3) is 5.56 Å². The van der Waals surface area contributed by atoms with Crippen molar-refractivity contribution < 1.29 is 22.4 Å². The quantitative estimate of drug-likeness (QED) is 0.159. The number of hydrogen-bond donors (Lipinski definition) is 2. The summed E-state index contributed by atoms with van der Waals surface area (Å²) in [6.07, 6.45) is 10.8. The zero-order chi connectivity index (χ0) is 44.7. The number of nitrogens with one attached hydrogen (secondary N) is 2. The van der Waals surface area contributed by atoms with Gasteiger partial charge in [0, 0.05) is 56.4 Å². The minimum atomic E-state index is -3.54. The average molecular weight is 915 g/mol. The van der Waals surface area contributed by atoms with Gasteiger partial charge < -0.3 is 15.1 Å². The molecule has 10 rings (SSSR count). The number of pyridine rings is 1. The average Bonchev–Trinajstić information content (AvgIpc) is 3.88. The van der Waals surface area contributed by atoms with E-state index in [1.54, 1.807) is 48.1 Å². The van der Waals surface area contributed by atoms with Crippen LogP contribution in [0.4, 0.5) is 21.7 Å². The summed E-state index contributed by atoms with van der Waals surface area (Å²) < 4.78 is 48.0. The molecule has 2 aliphatic carbocycles. The van der Waals surface area contributed by atoms with Crippen LogP contribution in [0.1, 0.15) is 94.7 Å². The number of aromatic nitrogens is 5. The molecule has 6 heterocycles. The van der Waals surface area contributed by atoms with Gasteiger partial charge in [-0.2, -0.15) is 4.98 Å². The number of fused-ring (bicyclic) bond motifs is 2. The Labute approximate surface area is 374 Å². The van der Waals surface area contributed by atoms with E-state index in [1.165, 1.54) is 15.2 Å². The topological polar surface area (TPSA) is 174 Å². The van der Waals surface area contributed by atoms with Crippen molar-refractivity contribution in [2.45, 2.75) is 106 Å². The van der Waals surface area contributed by atoms with Crippen LogP contribution in [0.15, 0.2) is 57.1 Å². The van der Waals surface area contributed by atoms with Gasteiger partial charge >= 0.3 is 5.69 Å². The molecule has 2 saturated carbocycles. The molecule has 2 amide bonds. The highest BCUT2D eigenvalue weighted by molar-refractivity contribution is 7.92. The van der Waals surface area contributed by atoms with Gasteiger partial charge in [0.05, 0.1) is 26.9 Å². The Morgan fingerprint density at radius 2 is 1.67 bits per heavy atom. The van der Waals surface area contributed by atoms with Crippen LogP contribution in [0.25, 0.3) is 22.1 Å². The molecule has 3 aliphatic heterocycles. The lowest BCUT2D eigenvalue weighted by Crippen LogP contribution is -2.52. The monoisotopic (exact) mass is 913 g/mol. The van der Waals surface area contributed by atoms with Crippen LogP contribution in [-0.2, 0) is 26.5 Å². The number of hydrogen-bond acceptors (Lipinski definition) is 11. The van der Waals surface area contributed by atoms with Gasteiger partial charge in [-0.05, 0) is 131 Å². The molecule has 3 aromatic heterocycles. The minimum Gasteiger partial charge on any atom is -0.367 e. The van der Waals surface area contributed by atoms with Crippen molar-refractivity contribution in [2.24, 2.45) is 18.4 Å². The fourth-order valence-electron chi connectivity index (χ4n) is 11.3. The molecule has 64 heavy (non-hydrogen) atoms. The Bertz CT molecular complexity index is 2940. The van der Waals surface area contributed by atoms with E-state index in [0.29, 0.717) is 76.1 Å². The van der Waals surface area contributed by atoms with Crippen LogP contribution in [-0.4, -0.2) is 86.8 Å². The number of rotatable bonds is 9. The third kappa shape index (κ3) is 7.50. The molecule has 1 atom stereocenters. The van der Waals surface area contributed by atoms with E-state index in [0.717, 1.165) is 76.6 Å². The van der Waals surface area contributed by atoms with Gasteiger partial charge in [0.15, 0.2) is 9.84 Å². The number of imide groups is 1. The highest BCUT2D eigenvalue weighted by Crippen LogP contribution is 2.53. The number of anilines is 3. The minimum absolute atomic E-state index is 0.0293. The second kappa shape index (κ2) is 16.4. The molecule has 5 fully saturated rings. The molecule has 0 radical (unpaired) electrons. The standard InChI is InChI=1S/C46H53ClFN9O6S/c1-27-21-31(7-9-35(27)50-44-49-25-29-22-33(47)43(60)56(41(29)52-44)30-5-3-4-6-30)64(62,63)32-23-46(24-32)15-19-54(20-16-46)26-28-13-17-55(18-14-28)39-34(48)8-10-36-40(39)53(2)45(61)57(36)37-11-12-38(58)51-42(37)59/h7-10,21-22,25,28,30,32,37H,3-6,11-20,23-24,26H2,1-2H3,(H,49,50,52)(H,51,58,59). The molecular formula is C46H53ClFN9O6S. The van der Waals surface area contributed by atoms with E-state index in [9.17, 15) is 27.6 Å². The van der Waals surface area contributed by atoms with Crippen LogP contribution in [0, 0.1) is 24.1 Å². The predicted octanol–water partition coefficient (Wildman–Crippen LogP) is 6.32. The van der Waals surface area contributed by atoms with Crippen LogP contribution in [0.3, 0.4) is 0 Å². The van der Waals surface area contributed by atoms with E-state index in [-0.39, 0.29) is 40.8 Å². The molecule has 5 aromatic rings. The summed E-state index contributed by atoms with van der Waals surface area (Å²) in [5.41, 5.74) is 2.62. The summed E-state index contributed by atoms with van der Waals surface area (Å²) >= 11 is 6.31. The lowest BCUT2D eigenvalue weighted by atomic mass is 9.63. The summed E-state index contributed by atoms with van der Waals surface area (Å²) in [4.78, 5) is 65.1. The molecule has 1 unspecified atom stereocenters. The number of carbonyl (C=O) groups excluding carboxylic acids is 2. The van der Waals surface area contributed by atoms with Gasteiger partial charge in [-0.15, -0.1) is 0 Å². The molecule has 2 aromatic carbocycles. The number of amides is 2. The fraction of sp³-hybridized carbons (Fsp3) is 0.522. The summed E-state index contributed by atoms with van der Waals surface area (Å²) in [7, 11) is -1.94. The van der Waals surface area contributed by atoms with Crippen LogP contribution in [0.2, 0.25) is 5.02 Å². The maximum absolute atomic E-state index is 15.6. The predicted molar refractivity (Wildman–Crippen MR) is 243 cm³/mol. The molecular weight excluding hydrogens is 861 g/mol. The first kappa shape index (κ1) is 42.8. The Hall–Kier alpha value is -5.13. The number of carbonyl (C=O) groups is 2. The maximum Gasteiger partial charge on any atom is 0.329 e. The first-order chi connectivity index (χ1) is 30.7. The number of piperidine rings is 3. The SMILES string of the molecule is Cc1cc(S(=O)(=O)C2CC3(CCN(CC4CCN(c5c(F)ccc6c5n(C)c(=O)n6C5CCC(=O)NC5=O)CC4)CC3)C2)ccc1Nc1ncc2cc(Cl)c(=O)n(C3CCCC3)c2n1. The maximum atomic E-state index is 15.6. The normalized spacial score (nSPS) is 21.6. The molecule has 3 saturated heterocycles. The lowest BCUT2D eigenvalue weighted by molar-refractivity contribution is -0.135. The number of nitrogens with zero attached hydrogens (tertiary/aromatic N) is 7.